The molecule has 0 unspecified atom stereocenters. The quantitative estimate of drug-likeness (QED) is 0.748. The lowest BCUT2D eigenvalue weighted by molar-refractivity contribution is -0.137. The summed E-state index contributed by atoms with van der Waals surface area (Å²) in [6, 6.07) is 4.49. The van der Waals surface area contributed by atoms with Crippen molar-refractivity contribution in [2.75, 3.05) is 25.6 Å². The first kappa shape index (κ1) is 18.7. The molecule has 0 fully saturated rings. The zero-order valence-corrected chi connectivity index (χ0v) is 13.4. The molecule has 1 aromatic carbocycles. The molecule has 2 aromatic rings. The van der Waals surface area contributed by atoms with Gasteiger partial charge in [0.15, 0.2) is 0 Å². The lowest BCUT2D eigenvalue weighted by Gasteiger charge is -2.09. The summed E-state index contributed by atoms with van der Waals surface area (Å²) in [6.45, 7) is 1.02. The fraction of sp³-hybridized carbons (Fsp3) is 0.312. The van der Waals surface area contributed by atoms with Crippen molar-refractivity contribution in [1.29, 1.82) is 0 Å². The highest BCUT2D eigenvalue weighted by atomic mass is 19.4. The summed E-state index contributed by atoms with van der Waals surface area (Å²) in [6.07, 6.45) is -1.01. The topological polar surface area (TPSA) is 76.1 Å². The average Bonchev–Trinajstić information content (AvgIpc) is 2.59. The van der Waals surface area contributed by atoms with Gasteiger partial charge in [-0.3, -0.25) is 4.79 Å². The van der Waals surface area contributed by atoms with Crippen molar-refractivity contribution in [3.8, 4) is 0 Å². The largest absolute Gasteiger partial charge is 0.416 e. The molecule has 25 heavy (non-hydrogen) atoms. The number of alkyl halides is 3. The third kappa shape index (κ3) is 5.71. The van der Waals surface area contributed by atoms with Crippen LogP contribution in [0.15, 0.2) is 36.7 Å². The van der Waals surface area contributed by atoms with Crippen LogP contribution < -0.4 is 10.6 Å². The number of ether oxygens (including phenoxy) is 1. The molecule has 0 aliphatic rings. The highest BCUT2D eigenvalue weighted by Crippen LogP contribution is 2.30. The molecule has 1 heterocycles. The first-order valence-electron chi connectivity index (χ1n) is 7.43. The van der Waals surface area contributed by atoms with Gasteiger partial charge in [0.2, 0.25) is 5.95 Å². The Morgan fingerprint density at radius 1 is 1.16 bits per heavy atom. The SMILES string of the molecule is COCCCNC(=O)c1cnc(Nc2ccc(C(F)(F)F)cc2)nc1. The van der Waals surface area contributed by atoms with Gasteiger partial charge in [-0.05, 0) is 30.7 Å². The van der Waals surface area contributed by atoms with E-state index in [4.69, 9.17) is 4.74 Å². The fourth-order valence-electron chi connectivity index (χ4n) is 1.90. The Balaban J connectivity index is 1.92. The van der Waals surface area contributed by atoms with Crippen molar-refractivity contribution in [3.05, 3.63) is 47.8 Å². The molecule has 1 aromatic heterocycles. The van der Waals surface area contributed by atoms with Crippen molar-refractivity contribution < 1.29 is 22.7 Å². The van der Waals surface area contributed by atoms with Gasteiger partial charge in [-0.2, -0.15) is 13.2 Å². The first-order chi connectivity index (χ1) is 11.9. The summed E-state index contributed by atoms with van der Waals surface area (Å²) >= 11 is 0. The monoisotopic (exact) mass is 354 g/mol. The Kier molecular flexibility index (Phi) is 6.29. The molecule has 0 aliphatic carbocycles. The van der Waals surface area contributed by atoms with Gasteiger partial charge < -0.3 is 15.4 Å². The van der Waals surface area contributed by atoms with E-state index >= 15 is 0 Å². The number of nitrogens with zero attached hydrogens (tertiary/aromatic N) is 2. The predicted octanol–water partition coefficient (Wildman–Crippen LogP) is 3.01. The van der Waals surface area contributed by atoms with Crippen LogP contribution in [0.1, 0.15) is 22.3 Å². The van der Waals surface area contributed by atoms with Crippen molar-refractivity contribution in [1.82, 2.24) is 15.3 Å². The molecular weight excluding hydrogens is 337 g/mol. The summed E-state index contributed by atoms with van der Waals surface area (Å²) in [4.78, 5) is 19.8. The van der Waals surface area contributed by atoms with E-state index in [2.05, 4.69) is 20.6 Å². The number of methoxy groups -OCH3 is 1. The number of hydrogen-bond acceptors (Lipinski definition) is 5. The molecule has 134 valence electrons. The third-order valence-corrected chi connectivity index (χ3v) is 3.19. The molecule has 0 bridgehead atoms. The minimum Gasteiger partial charge on any atom is -0.385 e. The highest BCUT2D eigenvalue weighted by molar-refractivity contribution is 5.93. The van der Waals surface area contributed by atoms with E-state index in [1.807, 2.05) is 0 Å². The van der Waals surface area contributed by atoms with Crippen molar-refractivity contribution in [3.63, 3.8) is 0 Å². The Labute approximate surface area is 142 Å². The number of nitrogens with one attached hydrogen (secondary N) is 2. The van der Waals surface area contributed by atoms with Crippen molar-refractivity contribution >= 4 is 17.5 Å². The van der Waals surface area contributed by atoms with Gasteiger partial charge in [0.25, 0.3) is 5.91 Å². The van der Waals surface area contributed by atoms with E-state index in [-0.39, 0.29) is 17.4 Å². The maximum atomic E-state index is 12.5. The molecule has 1 amide bonds. The van der Waals surface area contributed by atoms with Gasteiger partial charge >= 0.3 is 6.18 Å². The van der Waals surface area contributed by atoms with Gasteiger partial charge in [-0.25, -0.2) is 9.97 Å². The number of hydrogen-bond donors (Lipinski definition) is 2. The van der Waals surface area contributed by atoms with Crippen LogP contribution in [0, 0.1) is 0 Å². The molecule has 2 rings (SSSR count). The standard InChI is InChI=1S/C16H17F3N4O2/c1-25-8-2-7-20-14(24)11-9-21-15(22-10-11)23-13-5-3-12(4-6-13)16(17,18)19/h3-6,9-10H,2,7-8H2,1H3,(H,20,24)(H,21,22,23). The summed E-state index contributed by atoms with van der Waals surface area (Å²) in [5.41, 5.74) is -0.0420. The molecule has 6 nitrogen and oxygen atoms in total. The molecule has 0 atom stereocenters. The zero-order valence-electron chi connectivity index (χ0n) is 13.4. The highest BCUT2D eigenvalue weighted by Gasteiger charge is 2.29. The fourth-order valence-corrected chi connectivity index (χ4v) is 1.90. The van der Waals surface area contributed by atoms with Crippen LogP contribution in [0.4, 0.5) is 24.8 Å². The van der Waals surface area contributed by atoms with Gasteiger partial charge in [0.1, 0.15) is 0 Å². The number of benzene rings is 1. The van der Waals surface area contributed by atoms with E-state index in [1.165, 1.54) is 24.5 Å². The Morgan fingerprint density at radius 3 is 2.36 bits per heavy atom. The number of rotatable bonds is 7. The van der Waals surface area contributed by atoms with Crippen LogP contribution in [0.2, 0.25) is 0 Å². The van der Waals surface area contributed by atoms with Crippen LogP contribution >= 0.6 is 0 Å². The van der Waals surface area contributed by atoms with Crippen LogP contribution in [-0.4, -0.2) is 36.1 Å². The van der Waals surface area contributed by atoms with Gasteiger partial charge in [0, 0.05) is 38.3 Å². The Bertz CT molecular complexity index is 688. The second kappa shape index (κ2) is 8.43. The average molecular weight is 354 g/mol. The molecule has 0 saturated carbocycles. The maximum Gasteiger partial charge on any atom is 0.416 e. The van der Waals surface area contributed by atoms with E-state index in [1.54, 1.807) is 7.11 Å². The lowest BCUT2D eigenvalue weighted by atomic mass is 10.2. The van der Waals surface area contributed by atoms with Gasteiger partial charge in [-0.1, -0.05) is 0 Å². The summed E-state index contributed by atoms with van der Waals surface area (Å²) in [7, 11) is 1.58. The first-order valence-corrected chi connectivity index (χ1v) is 7.43. The lowest BCUT2D eigenvalue weighted by Crippen LogP contribution is -2.25. The number of aromatic nitrogens is 2. The Morgan fingerprint density at radius 2 is 1.80 bits per heavy atom. The van der Waals surface area contributed by atoms with Crippen LogP contribution in [-0.2, 0) is 10.9 Å². The Hall–Kier alpha value is -2.68. The number of carbonyl (C=O) groups is 1. The second-order valence-corrected chi connectivity index (χ2v) is 5.10. The van der Waals surface area contributed by atoms with Gasteiger partial charge in [-0.15, -0.1) is 0 Å². The van der Waals surface area contributed by atoms with Crippen LogP contribution in [0.5, 0.6) is 0 Å². The van der Waals surface area contributed by atoms with E-state index < -0.39 is 11.7 Å². The number of amides is 1. The summed E-state index contributed by atoms with van der Waals surface area (Å²) in [5.74, 6) is -0.132. The van der Waals surface area contributed by atoms with Crippen LogP contribution in [0.3, 0.4) is 0 Å². The van der Waals surface area contributed by atoms with Crippen molar-refractivity contribution in [2.24, 2.45) is 0 Å². The number of carbonyl (C=O) groups excluding carboxylic acids is 1. The molecule has 2 N–H and O–H groups in total. The summed E-state index contributed by atoms with van der Waals surface area (Å²) in [5, 5.41) is 5.47. The normalized spacial score (nSPS) is 11.2. The molecular formula is C16H17F3N4O2. The molecule has 0 radical (unpaired) electrons. The molecule has 9 heteroatoms. The molecule has 0 saturated heterocycles. The predicted molar refractivity (Wildman–Crippen MR) is 85.6 cm³/mol. The summed E-state index contributed by atoms with van der Waals surface area (Å²) < 4.78 is 42.4. The minimum atomic E-state index is -4.38. The van der Waals surface area contributed by atoms with Crippen LogP contribution in [0.25, 0.3) is 0 Å². The molecule has 0 aliphatic heterocycles. The minimum absolute atomic E-state index is 0.177. The smallest absolute Gasteiger partial charge is 0.385 e. The zero-order chi connectivity index (χ0) is 18.3. The van der Waals surface area contributed by atoms with E-state index in [0.717, 1.165) is 12.1 Å². The number of halogens is 3. The van der Waals surface area contributed by atoms with E-state index in [9.17, 15) is 18.0 Å². The van der Waals surface area contributed by atoms with Gasteiger partial charge in [0.05, 0.1) is 11.1 Å². The third-order valence-electron chi connectivity index (χ3n) is 3.19. The molecule has 0 spiro atoms. The van der Waals surface area contributed by atoms with Crippen molar-refractivity contribution in [2.45, 2.75) is 12.6 Å². The number of anilines is 2. The second-order valence-electron chi connectivity index (χ2n) is 5.10. The maximum absolute atomic E-state index is 12.5. The van der Waals surface area contributed by atoms with E-state index in [0.29, 0.717) is 25.3 Å².